The molecule has 0 radical (unpaired) electrons. The molecule has 188 valence electrons. The monoisotopic (exact) mass is 508 g/mol. The number of nitrogens with one attached hydrogen (secondary N) is 1. The van der Waals surface area contributed by atoms with Gasteiger partial charge in [-0.3, -0.25) is 9.59 Å². The van der Waals surface area contributed by atoms with Gasteiger partial charge in [-0.2, -0.15) is 0 Å². The van der Waals surface area contributed by atoms with E-state index in [0.717, 1.165) is 0 Å². The lowest BCUT2D eigenvalue weighted by atomic mass is 10.1. The van der Waals surface area contributed by atoms with E-state index in [1.165, 1.54) is 54.9 Å². The molecule has 0 fully saturated rings. The van der Waals surface area contributed by atoms with Crippen LogP contribution in [0.1, 0.15) is 41.5 Å². The minimum absolute atomic E-state index is 0.0465. The molecule has 0 bridgehead atoms. The summed E-state index contributed by atoms with van der Waals surface area (Å²) in [5.41, 5.74) is 0.878. The normalized spacial score (nSPS) is 12.7. The molecule has 1 amide bonds. The first kappa shape index (κ1) is 26.3. The first-order valence-corrected chi connectivity index (χ1v) is 12.4. The Hall–Kier alpha value is -3.31. The lowest BCUT2D eigenvalue weighted by Gasteiger charge is -2.17. The first-order valence-electron chi connectivity index (χ1n) is 10.7. The summed E-state index contributed by atoms with van der Waals surface area (Å²) < 4.78 is 59.5. The number of aliphatic hydroxyl groups is 1. The van der Waals surface area contributed by atoms with Gasteiger partial charge >= 0.3 is 5.97 Å². The smallest absolute Gasteiger partial charge is 0.321 e. The molecular weight excluding hydrogens is 482 g/mol. The second-order valence-corrected chi connectivity index (χ2v) is 10.4. The minimum atomic E-state index is -3.95. The van der Waals surface area contributed by atoms with Crippen LogP contribution in [0.3, 0.4) is 0 Å². The van der Waals surface area contributed by atoms with Crippen molar-refractivity contribution in [1.29, 1.82) is 0 Å². The van der Waals surface area contributed by atoms with Gasteiger partial charge in [0.2, 0.25) is 0 Å². The number of amides is 1. The summed E-state index contributed by atoms with van der Waals surface area (Å²) in [6.45, 7) is 4.13. The Morgan fingerprint density at radius 3 is 2.31 bits per heavy atom. The topological polar surface area (TPSA) is 115 Å². The fourth-order valence-corrected chi connectivity index (χ4v) is 4.75. The van der Waals surface area contributed by atoms with Crippen LogP contribution in [-0.2, 0) is 26.4 Å². The van der Waals surface area contributed by atoms with Crippen molar-refractivity contribution < 1.29 is 36.6 Å². The first-order chi connectivity index (χ1) is 16.4. The molecule has 0 saturated carbocycles. The molecular formula is C24H26F2N2O6S. The zero-order chi connectivity index (χ0) is 26.1. The van der Waals surface area contributed by atoms with Gasteiger partial charge < -0.3 is 19.7 Å². The third-order valence-electron chi connectivity index (χ3n) is 5.45. The molecule has 3 aromatic rings. The van der Waals surface area contributed by atoms with Gasteiger partial charge in [-0.05, 0) is 56.2 Å². The van der Waals surface area contributed by atoms with E-state index in [1.54, 1.807) is 13.8 Å². The summed E-state index contributed by atoms with van der Waals surface area (Å²) in [5, 5.41) is 12.4. The number of hydrogen-bond donors (Lipinski definition) is 2. The van der Waals surface area contributed by atoms with Crippen molar-refractivity contribution in [3.05, 3.63) is 64.9 Å². The summed E-state index contributed by atoms with van der Waals surface area (Å²) in [6.07, 6.45) is -0.449. The summed E-state index contributed by atoms with van der Waals surface area (Å²) in [5.74, 6) is -4.37. The van der Waals surface area contributed by atoms with Crippen molar-refractivity contribution in [1.82, 2.24) is 9.88 Å². The Kier molecular flexibility index (Phi) is 7.61. The van der Waals surface area contributed by atoms with Crippen LogP contribution in [0.15, 0.2) is 41.3 Å². The molecule has 0 aliphatic carbocycles. The largest absolute Gasteiger partial charge is 0.462 e. The molecule has 2 N–H and O–H groups in total. The maximum Gasteiger partial charge on any atom is 0.321 e. The summed E-state index contributed by atoms with van der Waals surface area (Å²) in [7, 11) is -2.41. The SMILES string of the molecule is Cc1cc2c(cc(C(=O)N[C@H](CO)c3ccc(S(=O)(=O)CC(=O)OC(C)C)cc3)n2C)c(F)c1F. The fourth-order valence-electron chi connectivity index (χ4n) is 3.66. The van der Waals surface area contributed by atoms with Crippen molar-refractivity contribution in [3.8, 4) is 0 Å². The van der Waals surface area contributed by atoms with E-state index in [9.17, 15) is 31.9 Å². The van der Waals surface area contributed by atoms with Crippen LogP contribution < -0.4 is 5.32 Å². The molecule has 3 rings (SSSR count). The lowest BCUT2D eigenvalue weighted by Crippen LogP contribution is -2.32. The molecule has 11 heteroatoms. The molecule has 0 aliphatic heterocycles. The number of rotatable bonds is 8. The number of carbonyl (C=O) groups is 2. The van der Waals surface area contributed by atoms with E-state index < -0.39 is 57.9 Å². The second kappa shape index (κ2) is 10.1. The molecule has 0 spiro atoms. The Bertz CT molecular complexity index is 1380. The van der Waals surface area contributed by atoms with E-state index in [1.807, 2.05) is 0 Å². The molecule has 1 heterocycles. The standard InChI is InChI=1S/C24H26F2N2O6S/c1-13(2)34-21(30)12-35(32,33)16-7-5-15(6-8-16)18(11-29)27-24(31)20-10-17-19(28(20)4)9-14(3)22(25)23(17)26/h5-10,13,18,29H,11-12H2,1-4H3,(H,27,31)/t18-/m1/s1. The van der Waals surface area contributed by atoms with Gasteiger partial charge in [-0.15, -0.1) is 0 Å². The Balaban J connectivity index is 1.81. The van der Waals surface area contributed by atoms with Crippen molar-refractivity contribution >= 4 is 32.6 Å². The molecule has 0 saturated heterocycles. The van der Waals surface area contributed by atoms with Crippen molar-refractivity contribution in [2.24, 2.45) is 7.05 Å². The zero-order valence-electron chi connectivity index (χ0n) is 19.6. The maximum atomic E-state index is 14.3. The molecule has 1 aromatic heterocycles. The number of esters is 1. The highest BCUT2D eigenvalue weighted by atomic mass is 32.2. The minimum Gasteiger partial charge on any atom is -0.462 e. The van der Waals surface area contributed by atoms with E-state index in [4.69, 9.17) is 4.74 Å². The van der Waals surface area contributed by atoms with E-state index in [2.05, 4.69) is 5.32 Å². The number of benzene rings is 2. The number of carbonyl (C=O) groups excluding carboxylic acids is 2. The van der Waals surface area contributed by atoms with Crippen LogP contribution in [0.5, 0.6) is 0 Å². The number of ether oxygens (including phenoxy) is 1. The van der Waals surface area contributed by atoms with Crippen LogP contribution in [0.4, 0.5) is 8.78 Å². The van der Waals surface area contributed by atoms with Crippen LogP contribution in [0.2, 0.25) is 0 Å². The van der Waals surface area contributed by atoms with E-state index in [-0.39, 0.29) is 21.5 Å². The predicted molar refractivity (Wildman–Crippen MR) is 125 cm³/mol. The third-order valence-corrected chi connectivity index (χ3v) is 7.05. The molecule has 0 unspecified atom stereocenters. The average molecular weight is 509 g/mol. The number of nitrogens with zero attached hydrogens (tertiary/aromatic N) is 1. The van der Waals surface area contributed by atoms with Gasteiger partial charge in [0.05, 0.1) is 29.2 Å². The number of aliphatic hydroxyl groups excluding tert-OH is 1. The quantitative estimate of drug-likeness (QED) is 0.452. The second-order valence-electron chi connectivity index (χ2n) is 8.42. The molecule has 8 nitrogen and oxygen atoms in total. The summed E-state index contributed by atoms with van der Waals surface area (Å²) in [6, 6.07) is 7.09. The number of halogens is 2. The van der Waals surface area contributed by atoms with Gasteiger partial charge in [-0.25, -0.2) is 17.2 Å². The van der Waals surface area contributed by atoms with E-state index in [0.29, 0.717) is 11.1 Å². The molecule has 35 heavy (non-hydrogen) atoms. The highest BCUT2D eigenvalue weighted by Gasteiger charge is 2.24. The number of aromatic nitrogens is 1. The summed E-state index contributed by atoms with van der Waals surface area (Å²) >= 11 is 0. The van der Waals surface area contributed by atoms with Crippen molar-refractivity contribution in [3.63, 3.8) is 0 Å². The van der Waals surface area contributed by atoms with Crippen LogP contribution >= 0.6 is 0 Å². The van der Waals surface area contributed by atoms with Gasteiger partial charge in [0.25, 0.3) is 5.91 Å². The summed E-state index contributed by atoms with van der Waals surface area (Å²) in [4.78, 5) is 24.5. The van der Waals surface area contributed by atoms with Gasteiger partial charge in [0.15, 0.2) is 27.2 Å². The lowest BCUT2D eigenvalue weighted by molar-refractivity contribution is -0.144. The maximum absolute atomic E-state index is 14.3. The Morgan fingerprint density at radius 2 is 1.74 bits per heavy atom. The van der Waals surface area contributed by atoms with Gasteiger partial charge in [-0.1, -0.05) is 12.1 Å². The number of aryl methyl sites for hydroxylation is 2. The van der Waals surface area contributed by atoms with E-state index >= 15 is 0 Å². The zero-order valence-corrected chi connectivity index (χ0v) is 20.4. The predicted octanol–water partition coefficient (Wildman–Crippen LogP) is 2.95. The number of fused-ring (bicyclic) bond motifs is 1. The number of sulfone groups is 1. The van der Waals surface area contributed by atoms with Crippen LogP contribution in [-0.4, -0.2) is 48.4 Å². The van der Waals surface area contributed by atoms with Crippen molar-refractivity contribution in [2.45, 2.75) is 37.8 Å². The van der Waals surface area contributed by atoms with Gasteiger partial charge in [0.1, 0.15) is 5.69 Å². The fraction of sp³-hybridized carbons (Fsp3) is 0.333. The van der Waals surface area contributed by atoms with Gasteiger partial charge in [0, 0.05) is 12.4 Å². The average Bonchev–Trinajstić information content (AvgIpc) is 3.11. The van der Waals surface area contributed by atoms with Crippen molar-refractivity contribution in [2.75, 3.05) is 12.4 Å². The highest BCUT2D eigenvalue weighted by Crippen LogP contribution is 2.27. The molecule has 1 atom stereocenters. The Labute approximate surface area is 201 Å². The highest BCUT2D eigenvalue weighted by molar-refractivity contribution is 7.92. The van der Waals surface area contributed by atoms with Crippen LogP contribution in [0.25, 0.3) is 10.9 Å². The molecule has 0 aliphatic rings. The third kappa shape index (κ3) is 5.51. The van der Waals surface area contributed by atoms with Crippen LogP contribution in [0, 0.1) is 18.6 Å². The number of hydrogen-bond acceptors (Lipinski definition) is 6. The Morgan fingerprint density at radius 1 is 1.11 bits per heavy atom. The molecule has 2 aromatic carbocycles.